The van der Waals surface area contributed by atoms with Gasteiger partial charge in [-0.2, -0.15) is 5.10 Å². The summed E-state index contributed by atoms with van der Waals surface area (Å²) in [5.74, 6) is 0.995. The lowest BCUT2D eigenvalue weighted by molar-refractivity contribution is 0.180. The van der Waals surface area contributed by atoms with Gasteiger partial charge < -0.3 is 14.8 Å². The van der Waals surface area contributed by atoms with Crippen molar-refractivity contribution in [3.8, 4) is 11.5 Å². The Morgan fingerprint density at radius 1 is 0.923 bits per heavy atom. The lowest BCUT2D eigenvalue weighted by Crippen LogP contribution is -2.42. The van der Waals surface area contributed by atoms with Crippen LogP contribution in [-0.4, -0.2) is 31.8 Å². The molecule has 2 aromatic heterocycles. The zero-order chi connectivity index (χ0) is 26.8. The molecule has 0 fully saturated rings. The molecule has 1 aliphatic rings. The first-order valence-corrected chi connectivity index (χ1v) is 13.6. The van der Waals surface area contributed by atoms with Crippen molar-refractivity contribution in [2.75, 3.05) is 6.54 Å². The maximum absolute atomic E-state index is 14.0. The van der Waals surface area contributed by atoms with E-state index in [1.807, 2.05) is 46.0 Å². The number of aryl methyl sites for hydroxylation is 2. The highest BCUT2D eigenvalue weighted by Gasteiger charge is 2.36. The molecule has 6 rings (SSSR count). The summed E-state index contributed by atoms with van der Waals surface area (Å²) in [5.41, 5.74) is 7.60. The van der Waals surface area contributed by atoms with Crippen LogP contribution in [0, 0.1) is 6.92 Å². The highest BCUT2D eigenvalue weighted by Crippen LogP contribution is 2.38. The minimum Gasteiger partial charge on any atom is -0.338 e. The van der Waals surface area contributed by atoms with Crippen LogP contribution in [0.4, 0.5) is 4.79 Å². The molecule has 2 amide bonds. The van der Waals surface area contributed by atoms with E-state index in [4.69, 9.17) is 5.10 Å². The molecule has 3 heterocycles. The molecule has 5 aromatic rings. The largest absolute Gasteiger partial charge is 0.338 e. The Morgan fingerprint density at radius 3 is 2.36 bits per heavy atom. The van der Waals surface area contributed by atoms with E-state index in [2.05, 4.69) is 90.6 Å². The van der Waals surface area contributed by atoms with Gasteiger partial charge in [0, 0.05) is 18.3 Å². The van der Waals surface area contributed by atoms with Crippen LogP contribution < -0.4 is 5.32 Å². The van der Waals surface area contributed by atoms with Crippen LogP contribution in [0.1, 0.15) is 46.6 Å². The molecule has 0 saturated heterocycles. The number of carbonyl (C=O) groups excluding carboxylic acids is 1. The summed E-state index contributed by atoms with van der Waals surface area (Å²) in [5, 5.41) is 8.26. The van der Waals surface area contributed by atoms with Gasteiger partial charge in [-0.15, -0.1) is 0 Å². The van der Waals surface area contributed by atoms with Gasteiger partial charge in [-0.05, 0) is 55.2 Å². The van der Waals surface area contributed by atoms with Crippen molar-refractivity contribution in [3.05, 3.63) is 137 Å². The maximum atomic E-state index is 14.0. The number of hydrogen-bond acceptors (Lipinski definition) is 2. The molecule has 1 atom stereocenters. The Balaban J connectivity index is 1.45. The molecule has 0 bridgehead atoms. The molecule has 0 saturated carbocycles. The molecule has 0 unspecified atom stereocenters. The Morgan fingerprint density at radius 2 is 1.64 bits per heavy atom. The molecular formula is C33H33N5O. The van der Waals surface area contributed by atoms with Crippen molar-refractivity contribution < 1.29 is 4.79 Å². The van der Waals surface area contributed by atoms with Gasteiger partial charge in [0.05, 0.1) is 29.7 Å². The number of aromatic nitrogens is 3. The Bertz CT molecular complexity index is 1570. The summed E-state index contributed by atoms with van der Waals surface area (Å²) >= 11 is 0. The van der Waals surface area contributed by atoms with Crippen LogP contribution in [0.5, 0.6) is 0 Å². The third kappa shape index (κ3) is 4.74. The molecule has 1 N–H and O–H groups in total. The number of hydrogen-bond donors (Lipinski definition) is 1. The number of urea groups is 1. The Labute approximate surface area is 229 Å². The Kier molecular flexibility index (Phi) is 6.76. The maximum Gasteiger partial charge on any atom is 0.318 e. The summed E-state index contributed by atoms with van der Waals surface area (Å²) in [4.78, 5) is 16.0. The number of nitrogens with zero attached hydrogens (tertiary/aromatic N) is 4. The number of rotatable bonds is 6. The van der Waals surface area contributed by atoms with Crippen LogP contribution in [-0.2, 0) is 19.4 Å². The molecule has 6 heteroatoms. The summed E-state index contributed by atoms with van der Waals surface area (Å²) < 4.78 is 4.25. The van der Waals surface area contributed by atoms with Gasteiger partial charge in [-0.3, -0.25) is 0 Å². The summed E-state index contributed by atoms with van der Waals surface area (Å²) in [6.07, 6.45) is 3.65. The summed E-state index contributed by atoms with van der Waals surface area (Å²) in [6, 6.07) is 32.9. The number of benzene rings is 3. The normalized spacial score (nSPS) is 14.4. The zero-order valence-electron chi connectivity index (χ0n) is 22.4. The van der Waals surface area contributed by atoms with Crippen LogP contribution in [0.2, 0.25) is 0 Å². The molecule has 196 valence electrons. The molecule has 0 radical (unpaired) electrons. The number of carbonyl (C=O) groups is 1. The third-order valence-electron chi connectivity index (χ3n) is 7.49. The molecule has 1 aliphatic heterocycles. The topological polar surface area (TPSA) is 55.1 Å². The van der Waals surface area contributed by atoms with Crippen molar-refractivity contribution in [3.63, 3.8) is 0 Å². The number of para-hydroxylation sites is 1. The van der Waals surface area contributed by atoms with E-state index in [1.165, 1.54) is 11.1 Å². The van der Waals surface area contributed by atoms with Crippen LogP contribution in [0.15, 0.2) is 103 Å². The molecule has 0 aliphatic carbocycles. The quantitative estimate of drug-likeness (QED) is 0.285. The average molecular weight is 516 g/mol. The molecule has 3 aromatic carbocycles. The SMILES string of the molecule is CCc1nn(-c2ccccc2)c2c1CN(C(=O)NCCc1ccccc1)[C@H](c1ccc(C)cc1)c1cccn1-2. The number of nitrogens with one attached hydrogen (secondary N) is 1. The fourth-order valence-electron chi connectivity index (χ4n) is 5.51. The first-order valence-electron chi connectivity index (χ1n) is 13.6. The van der Waals surface area contributed by atoms with E-state index in [9.17, 15) is 4.79 Å². The Hall–Kier alpha value is -4.58. The first kappa shape index (κ1) is 24.7. The molecule has 39 heavy (non-hydrogen) atoms. The minimum absolute atomic E-state index is 0.0772. The third-order valence-corrected chi connectivity index (χ3v) is 7.49. The molecular weight excluding hydrogens is 482 g/mol. The van der Waals surface area contributed by atoms with Crippen LogP contribution >= 0.6 is 0 Å². The lowest BCUT2D eigenvalue weighted by atomic mass is 10.0. The monoisotopic (exact) mass is 515 g/mol. The predicted molar refractivity (Wildman–Crippen MR) is 154 cm³/mol. The van der Waals surface area contributed by atoms with E-state index < -0.39 is 0 Å². The standard InChI is InChI=1S/C33H33N5O/c1-3-29-28-23-37(33(39)34-21-20-25-11-6-4-7-12-25)31(26-18-16-24(2)17-19-26)30-15-10-22-36(30)32(28)38(35-29)27-13-8-5-9-14-27/h4-19,22,31H,3,20-21,23H2,1-2H3,(H,34,39)/t31-/m1/s1. The van der Waals surface area contributed by atoms with Crippen molar-refractivity contribution in [1.82, 2.24) is 24.6 Å². The fourth-order valence-corrected chi connectivity index (χ4v) is 5.51. The van der Waals surface area contributed by atoms with Crippen molar-refractivity contribution in [2.24, 2.45) is 0 Å². The van der Waals surface area contributed by atoms with Gasteiger partial charge in [0.25, 0.3) is 0 Å². The zero-order valence-corrected chi connectivity index (χ0v) is 22.4. The van der Waals surface area contributed by atoms with E-state index in [0.717, 1.165) is 46.9 Å². The van der Waals surface area contributed by atoms with Crippen LogP contribution in [0.3, 0.4) is 0 Å². The highest BCUT2D eigenvalue weighted by atomic mass is 16.2. The second-order valence-corrected chi connectivity index (χ2v) is 10.1. The van der Waals surface area contributed by atoms with Gasteiger partial charge in [0.15, 0.2) is 0 Å². The van der Waals surface area contributed by atoms with Gasteiger partial charge in [0.2, 0.25) is 0 Å². The van der Waals surface area contributed by atoms with Gasteiger partial charge in [0.1, 0.15) is 5.82 Å². The van der Waals surface area contributed by atoms with Gasteiger partial charge >= 0.3 is 6.03 Å². The van der Waals surface area contributed by atoms with E-state index in [-0.39, 0.29) is 12.1 Å². The lowest BCUT2D eigenvalue weighted by Gasteiger charge is -2.31. The van der Waals surface area contributed by atoms with Crippen LogP contribution in [0.25, 0.3) is 11.5 Å². The van der Waals surface area contributed by atoms with Crippen molar-refractivity contribution in [1.29, 1.82) is 0 Å². The predicted octanol–water partition coefficient (Wildman–Crippen LogP) is 6.39. The van der Waals surface area contributed by atoms with Gasteiger partial charge in [-0.25, -0.2) is 9.48 Å². The highest BCUT2D eigenvalue weighted by molar-refractivity contribution is 5.76. The van der Waals surface area contributed by atoms with E-state index in [0.29, 0.717) is 13.1 Å². The molecule has 6 nitrogen and oxygen atoms in total. The molecule has 0 spiro atoms. The second kappa shape index (κ2) is 10.7. The van der Waals surface area contributed by atoms with Crippen molar-refractivity contribution >= 4 is 6.03 Å². The van der Waals surface area contributed by atoms with E-state index >= 15 is 0 Å². The first-order chi connectivity index (χ1) is 19.1. The average Bonchev–Trinajstić information content (AvgIpc) is 3.56. The smallest absolute Gasteiger partial charge is 0.318 e. The van der Waals surface area contributed by atoms with Gasteiger partial charge in [-0.1, -0.05) is 85.3 Å². The number of fused-ring (bicyclic) bond motifs is 3. The summed E-state index contributed by atoms with van der Waals surface area (Å²) in [6.45, 7) is 5.24. The second-order valence-electron chi connectivity index (χ2n) is 10.1. The number of amides is 2. The fraction of sp³-hybridized carbons (Fsp3) is 0.212. The summed E-state index contributed by atoms with van der Waals surface area (Å²) in [7, 11) is 0. The van der Waals surface area contributed by atoms with Crippen molar-refractivity contribution in [2.45, 2.75) is 39.3 Å². The minimum atomic E-state index is -0.251. The van der Waals surface area contributed by atoms with E-state index in [1.54, 1.807) is 0 Å².